The number of hydrogen-bond donors (Lipinski definition) is 0. The SMILES string of the molecule is N#Cc1ccc(-c2ccc3c(c2)c2ccccc2n3-c2c(-c3cccc(C(F)(F)F)c3)cc(-c3cc(-c4ccccc4)nc(-c4ccccc4)n3)cc2-c2cccc(C(F)(F)F)c2)c(C#N)c1. The summed E-state index contributed by atoms with van der Waals surface area (Å²) >= 11 is 0. The van der Waals surface area contributed by atoms with Crippen LogP contribution < -0.4 is 0 Å². The van der Waals surface area contributed by atoms with Gasteiger partial charge in [0.15, 0.2) is 5.82 Å². The van der Waals surface area contributed by atoms with Gasteiger partial charge in [0.1, 0.15) is 0 Å². The van der Waals surface area contributed by atoms with E-state index < -0.39 is 23.5 Å². The van der Waals surface area contributed by atoms with E-state index in [1.807, 2.05) is 102 Å². The van der Waals surface area contributed by atoms with Crippen molar-refractivity contribution >= 4 is 21.8 Å². The third kappa shape index (κ3) is 7.94. The van der Waals surface area contributed by atoms with E-state index in [2.05, 4.69) is 12.1 Å². The zero-order valence-corrected chi connectivity index (χ0v) is 34.9. The van der Waals surface area contributed by atoms with Gasteiger partial charge in [-0.3, -0.25) is 0 Å². The van der Waals surface area contributed by atoms with Crippen molar-refractivity contribution in [3.63, 3.8) is 0 Å². The Hall–Kier alpha value is -8.80. The molecular weight excluding hydrogens is 857 g/mol. The number of hydrogen-bond acceptors (Lipinski definition) is 4. The number of benzene rings is 8. The average molecular weight is 888 g/mol. The molecule has 5 nitrogen and oxygen atoms in total. The zero-order valence-electron chi connectivity index (χ0n) is 34.9. The van der Waals surface area contributed by atoms with Crippen LogP contribution in [0.3, 0.4) is 0 Å². The smallest absolute Gasteiger partial charge is 0.308 e. The van der Waals surface area contributed by atoms with E-state index in [9.17, 15) is 36.9 Å². The fourth-order valence-electron chi connectivity index (χ4n) is 8.60. The van der Waals surface area contributed by atoms with Crippen LogP contribution in [-0.4, -0.2) is 14.5 Å². The quantitative estimate of drug-likeness (QED) is 0.149. The van der Waals surface area contributed by atoms with Gasteiger partial charge in [-0.05, 0) is 95.1 Å². The lowest BCUT2D eigenvalue weighted by molar-refractivity contribution is -0.138. The summed E-state index contributed by atoms with van der Waals surface area (Å²) in [5, 5.41) is 21.1. The first-order chi connectivity index (χ1) is 32.4. The Labute approximate surface area is 379 Å². The summed E-state index contributed by atoms with van der Waals surface area (Å²) in [7, 11) is 0. The first-order valence-electron chi connectivity index (χ1n) is 20.9. The van der Waals surface area contributed by atoms with Gasteiger partial charge in [0.25, 0.3) is 0 Å². The maximum atomic E-state index is 14.6. The van der Waals surface area contributed by atoms with Crippen LogP contribution in [0.25, 0.3) is 94.8 Å². The average Bonchev–Trinajstić information content (AvgIpc) is 3.69. The third-order valence-corrected chi connectivity index (χ3v) is 11.7. The fourth-order valence-corrected chi connectivity index (χ4v) is 8.60. The highest BCUT2D eigenvalue weighted by atomic mass is 19.4. The summed E-state index contributed by atoms with van der Waals surface area (Å²) in [6, 6.07) is 55.7. The third-order valence-electron chi connectivity index (χ3n) is 11.7. The highest BCUT2D eigenvalue weighted by molar-refractivity contribution is 6.12. The highest BCUT2D eigenvalue weighted by Crippen LogP contribution is 2.46. The molecule has 0 atom stereocenters. The summed E-state index contributed by atoms with van der Waals surface area (Å²) in [5.41, 5.74) is 5.21. The second-order valence-corrected chi connectivity index (χ2v) is 15.8. The van der Waals surface area contributed by atoms with Crippen molar-refractivity contribution in [1.29, 1.82) is 10.5 Å². The van der Waals surface area contributed by atoms with Crippen LogP contribution in [0.15, 0.2) is 188 Å². The molecule has 0 amide bonds. The van der Waals surface area contributed by atoms with Crippen molar-refractivity contribution < 1.29 is 26.3 Å². The van der Waals surface area contributed by atoms with Gasteiger partial charge in [-0.1, -0.05) is 115 Å². The zero-order chi connectivity index (χ0) is 46.5. The molecule has 10 aromatic rings. The van der Waals surface area contributed by atoms with Crippen molar-refractivity contribution in [1.82, 2.24) is 14.5 Å². The second-order valence-electron chi connectivity index (χ2n) is 15.8. The van der Waals surface area contributed by atoms with E-state index in [-0.39, 0.29) is 27.8 Å². The van der Waals surface area contributed by atoms with Crippen LogP contribution in [0.5, 0.6) is 0 Å². The largest absolute Gasteiger partial charge is 0.416 e. The monoisotopic (exact) mass is 887 g/mol. The van der Waals surface area contributed by atoms with Crippen molar-refractivity contribution in [3.05, 3.63) is 210 Å². The minimum absolute atomic E-state index is 0.152. The van der Waals surface area contributed by atoms with Crippen LogP contribution in [-0.2, 0) is 12.4 Å². The normalized spacial score (nSPS) is 11.7. The molecule has 11 heteroatoms. The predicted octanol–water partition coefficient (Wildman–Crippen LogP) is 15.4. The molecule has 2 aromatic heterocycles. The molecule has 0 radical (unpaired) electrons. The number of halogens is 6. The van der Waals surface area contributed by atoms with Crippen molar-refractivity contribution in [2.45, 2.75) is 12.4 Å². The Morgan fingerprint density at radius 2 is 0.940 bits per heavy atom. The van der Waals surface area contributed by atoms with Crippen molar-refractivity contribution in [2.24, 2.45) is 0 Å². The first kappa shape index (κ1) is 42.2. The van der Waals surface area contributed by atoms with Crippen LogP contribution in [0.4, 0.5) is 26.3 Å². The molecule has 0 bridgehead atoms. The van der Waals surface area contributed by atoms with E-state index in [0.717, 1.165) is 35.2 Å². The van der Waals surface area contributed by atoms with Gasteiger partial charge in [0, 0.05) is 38.6 Å². The number of fused-ring (bicyclic) bond motifs is 3. The van der Waals surface area contributed by atoms with E-state index in [1.165, 1.54) is 18.2 Å². The van der Waals surface area contributed by atoms with Gasteiger partial charge in [-0.2, -0.15) is 36.9 Å². The summed E-state index contributed by atoms with van der Waals surface area (Å²) in [6.07, 6.45) is -9.45. The molecule has 0 spiro atoms. The molecule has 0 fully saturated rings. The Balaban J connectivity index is 1.34. The number of nitriles is 2. The highest BCUT2D eigenvalue weighted by Gasteiger charge is 2.33. The molecule has 0 saturated heterocycles. The molecule has 0 aliphatic carbocycles. The molecule has 0 aliphatic heterocycles. The molecule has 0 saturated carbocycles. The minimum Gasteiger partial charge on any atom is -0.308 e. The molecule has 0 aliphatic rings. The topological polar surface area (TPSA) is 78.3 Å². The molecule has 0 N–H and O–H groups in total. The van der Waals surface area contributed by atoms with Gasteiger partial charge in [0.05, 0.1) is 62.5 Å². The molecule has 0 unspecified atom stereocenters. The molecular formula is C56H31F6N5. The maximum absolute atomic E-state index is 14.6. The van der Waals surface area contributed by atoms with E-state index in [0.29, 0.717) is 67.1 Å². The molecule has 322 valence electrons. The van der Waals surface area contributed by atoms with Gasteiger partial charge in [-0.15, -0.1) is 0 Å². The van der Waals surface area contributed by atoms with Crippen molar-refractivity contribution in [2.75, 3.05) is 0 Å². The Morgan fingerprint density at radius 3 is 1.54 bits per heavy atom. The molecule has 10 rings (SSSR count). The van der Waals surface area contributed by atoms with Gasteiger partial charge in [0.2, 0.25) is 0 Å². The number of alkyl halides is 6. The number of aromatic nitrogens is 3. The van der Waals surface area contributed by atoms with E-state index in [4.69, 9.17) is 9.97 Å². The predicted molar refractivity (Wildman–Crippen MR) is 248 cm³/mol. The second kappa shape index (κ2) is 16.6. The minimum atomic E-state index is -4.73. The van der Waals surface area contributed by atoms with E-state index in [1.54, 1.807) is 48.5 Å². The maximum Gasteiger partial charge on any atom is 0.416 e. The summed E-state index contributed by atoms with van der Waals surface area (Å²) in [4.78, 5) is 9.94. The van der Waals surface area contributed by atoms with Gasteiger partial charge in [-0.25, -0.2) is 9.97 Å². The van der Waals surface area contributed by atoms with Crippen LogP contribution >= 0.6 is 0 Å². The van der Waals surface area contributed by atoms with E-state index >= 15 is 0 Å². The lowest BCUT2D eigenvalue weighted by atomic mass is 9.90. The molecule has 67 heavy (non-hydrogen) atoms. The summed E-state index contributed by atoms with van der Waals surface area (Å²) in [6.45, 7) is 0. The first-order valence-corrected chi connectivity index (χ1v) is 20.9. The lowest BCUT2D eigenvalue weighted by Crippen LogP contribution is -2.07. The van der Waals surface area contributed by atoms with Crippen molar-refractivity contribution in [3.8, 4) is 85.1 Å². The summed E-state index contributed by atoms with van der Waals surface area (Å²) in [5.74, 6) is 0.363. The van der Waals surface area contributed by atoms with Gasteiger partial charge >= 0.3 is 12.4 Å². The lowest BCUT2D eigenvalue weighted by Gasteiger charge is -2.22. The Kier molecular flexibility index (Phi) is 10.5. The number of rotatable bonds is 7. The standard InChI is InChI=1S/C56H31F6N5/c57-55(58,59)42-17-9-15-37(26-42)46-29-40(50-31-49(35-11-3-1-4-12-35)65-54(66-50)36-13-5-2-6-14-36)30-47(38-16-10-18-43(27-38)56(60,61)62)53(46)67-51-20-8-7-19-45(51)48-28-39(22-24-52(48)67)44-23-21-34(32-63)25-41(44)33-64/h1-31H. The summed E-state index contributed by atoms with van der Waals surface area (Å²) < 4.78 is 89.7. The molecule has 2 heterocycles. The van der Waals surface area contributed by atoms with Crippen LogP contribution in [0, 0.1) is 22.7 Å². The Bertz CT molecular complexity index is 3500. The Morgan fingerprint density at radius 1 is 0.403 bits per heavy atom. The number of para-hydroxylation sites is 1. The van der Waals surface area contributed by atoms with Gasteiger partial charge < -0.3 is 4.57 Å². The van der Waals surface area contributed by atoms with Crippen LogP contribution in [0.1, 0.15) is 22.3 Å². The molecule has 8 aromatic carbocycles. The van der Waals surface area contributed by atoms with Crippen LogP contribution in [0.2, 0.25) is 0 Å². The number of nitrogens with zero attached hydrogens (tertiary/aromatic N) is 5. The fraction of sp³-hybridized carbons (Fsp3) is 0.0357.